The lowest BCUT2D eigenvalue weighted by Crippen LogP contribution is -2.11. The predicted octanol–water partition coefficient (Wildman–Crippen LogP) is 1.49. The van der Waals surface area contributed by atoms with Crippen LogP contribution < -0.4 is 10.3 Å². The first-order valence-electron chi connectivity index (χ1n) is 4.59. The lowest BCUT2D eigenvalue weighted by molar-refractivity contribution is 0.415. The Morgan fingerprint density at radius 1 is 1.38 bits per heavy atom. The van der Waals surface area contributed by atoms with Crippen LogP contribution in [0.25, 0.3) is 11.0 Å². The summed E-state index contributed by atoms with van der Waals surface area (Å²) < 4.78 is 5.06. The number of hydrogen-bond donors (Lipinski definition) is 1. The Kier molecular flexibility index (Phi) is 3.67. The molecule has 1 heterocycles. The summed E-state index contributed by atoms with van der Waals surface area (Å²) in [5, 5.41) is 0. The Balaban J connectivity index is 0.000000606. The zero-order chi connectivity index (χ0) is 12.1. The van der Waals surface area contributed by atoms with Crippen LogP contribution in [0.3, 0.4) is 0 Å². The number of benzene rings is 1. The monoisotopic (exact) mass is 216 g/mol. The number of nitrogens with one attached hydrogen (secondary N) is 1. The lowest BCUT2D eigenvalue weighted by atomic mass is 10.3. The summed E-state index contributed by atoms with van der Waals surface area (Å²) >= 11 is 0. The molecule has 2 rings (SSSR count). The summed E-state index contributed by atoms with van der Waals surface area (Å²) in [4.78, 5) is 18.1. The number of terminal acetylenes is 1. The van der Waals surface area contributed by atoms with E-state index in [-0.39, 0.29) is 5.56 Å². The standard InChI is InChI=1S/C10H10N2O2.C2H2/c1-6-10(13)12-8-4-3-7(14-2)5-9(8)11-6;1-2/h3-5H,1-2H3,(H,12,13);1-2H. The molecule has 1 N–H and O–H groups in total. The number of H-pyrrole nitrogens is 1. The van der Waals surface area contributed by atoms with Crippen molar-refractivity contribution in [3.8, 4) is 18.6 Å². The molecule has 82 valence electrons. The van der Waals surface area contributed by atoms with Crippen LogP contribution in [0.5, 0.6) is 5.75 Å². The molecule has 0 unspecified atom stereocenters. The van der Waals surface area contributed by atoms with Crippen molar-refractivity contribution in [3.63, 3.8) is 0 Å². The number of aryl methyl sites for hydroxylation is 1. The summed E-state index contributed by atoms with van der Waals surface area (Å²) in [6, 6.07) is 5.36. The molecule has 0 aliphatic carbocycles. The third-order valence-electron chi connectivity index (χ3n) is 2.07. The van der Waals surface area contributed by atoms with E-state index in [1.54, 1.807) is 32.2 Å². The summed E-state index contributed by atoms with van der Waals surface area (Å²) in [7, 11) is 1.60. The van der Waals surface area contributed by atoms with Crippen molar-refractivity contribution in [3.05, 3.63) is 34.2 Å². The molecule has 4 nitrogen and oxygen atoms in total. The van der Waals surface area contributed by atoms with Gasteiger partial charge < -0.3 is 9.72 Å². The smallest absolute Gasteiger partial charge is 0.269 e. The molecule has 0 saturated heterocycles. The maximum atomic E-state index is 11.2. The molecule has 16 heavy (non-hydrogen) atoms. The number of rotatable bonds is 1. The average Bonchev–Trinajstić information content (AvgIpc) is 2.33. The summed E-state index contributed by atoms with van der Waals surface area (Å²) in [5.41, 5.74) is 1.77. The van der Waals surface area contributed by atoms with E-state index in [0.29, 0.717) is 5.69 Å². The molecular formula is C12H12N2O2. The Labute approximate surface area is 93.3 Å². The highest BCUT2D eigenvalue weighted by molar-refractivity contribution is 5.75. The van der Waals surface area contributed by atoms with Crippen molar-refractivity contribution in [2.24, 2.45) is 0 Å². The van der Waals surface area contributed by atoms with Gasteiger partial charge in [0.25, 0.3) is 5.56 Å². The molecule has 0 spiro atoms. The van der Waals surface area contributed by atoms with E-state index in [4.69, 9.17) is 4.74 Å². The first-order chi connectivity index (χ1) is 7.70. The van der Waals surface area contributed by atoms with Crippen molar-refractivity contribution in [1.82, 2.24) is 9.97 Å². The molecule has 2 aromatic rings. The minimum atomic E-state index is -0.150. The molecule has 1 aromatic carbocycles. The van der Waals surface area contributed by atoms with Gasteiger partial charge in [0.1, 0.15) is 11.4 Å². The van der Waals surface area contributed by atoms with Crippen LogP contribution in [0.2, 0.25) is 0 Å². The first kappa shape index (κ1) is 11.8. The molecule has 0 aliphatic heterocycles. The molecule has 0 amide bonds. The summed E-state index contributed by atoms with van der Waals surface area (Å²) in [5.74, 6) is 0.733. The fraction of sp³-hybridized carbons (Fsp3) is 0.167. The number of methoxy groups -OCH3 is 1. The van der Waals surface area contributed by atoms with E-state index in [9.17, 15) is 4.79 Å². The third kappa shape index (κ3) is 2.20. The largest absolute Gasteiger partial charge is 0.497 e. The molecule has 4 heteroatoms. The second-order valence-corrected chi connectivity index (χ2v) is 3.03. The van der Waals surface area contributed by atoms with Gasteiger partial charge in [0.15, 0.2) is 0 Å². The zero-order valence-corrected chi connectivity index (χ0v) is 9.15. The van der Waals surface area contributed by atoms with Gasteiger partial charge in [0.2, 0.25) is 0 Å². The second kappa shape index (κ2) is 4.99. The molecular weight excluding hydrogens is 204 g/mol. The van der Waals surface area contributed by atoms with Gasteiger partial charge >= 0.3 is 0 Å². The molecule has 1 aromatic heterocycles. The van der Waals surface area contributed by atoms with Crippen LogP contribution in [0, 0.1) is 19.8 Å². The highest BCUT2D eigenvalue weighted by Gasteiger charge is 2.01. The highest BCUT2D eigenvalue weighted by atomic mass is 16.5. The fourth-order valence-corrected chi connectivity index (χ4v) is 1.28. The minimum Gasteiger partial charge on any atom is -0.497 e. The minimum absolute atomic E-state index is 0.150. The predicted molar refractivity (Wildman–Crippen MR) is 63.5 cm³/mol. The van der Waals surface area contributed by atoms with Gasteiger partial charge in [-0.25, -0.2) is 4.98 Å². The second-order valence-electron chi connectivity index (χ2n) is 3.03. The Bertz CT molecular complexity index is 570. The lowest BCUT2D eigenvalue weighted by Gasteiger charge is -2.01. The maximum Gasteiger partial charge on any atom is 0.269 e. The van der Waals surface area contributed by atoms with Gasteiger partial charge in [0, 0.05) is 6.07 Å². The van der Waals surface area contributed by atoms with E-state index in [0.717, 1.165) is 16.8 Å². The van der Waals surface area contributed by atoms with Gasteiger partial charge in [-0.1, -0.05) is 0 Å². The number of aromatic nitrogens is 2. The summed E-state index contributed by atoms with van der Waals surface area (Å²) in [6.45, 7) is 1.68. The van der Waals surface area contributed by atoms with Crippen molar-refractivity contribution in [2.75, 3.05) is 7.11 Å². The van der Waals surface area contributed by atoms with Crippen LogP contribution in [0.1, 0.15) is 5.69 Å². The quantitative estimate of drug-likeness (QED) is 0.735. The number of ether oxygens (including phenoxy) is 1. The topological polar surface area (TPSA) is 55.0 Å². The van der Waals surface area contributed by atoms with Crippen molar-refractivity contribution >= 4 is 11.0 Å². The van der Waals surface area contributed by atoms with E-state index in [2.05, 4.69) is 22.8 Å². The van der Waals surface area contributed by atoms with Crippen molar-refractivity contribution in [1.29, 1.82) is 0 Å². The van der Waals surface area contributed by atoms with Crippen LogP contribution >= 0.6 is 0 Å². The molecule has 0 saturated carbocycles. The molecule has 0 radical (unpaired) electrons. The van der Waals surface area contributed by atoms with Gasteiger partial charge in [-0.2, -0.15) is 0 Å². The van der Waals surface area contributed by atoms with Crippen LogP contribution in [0.4, 0.5) is 0 Å². The normalized spacial score (nSPS) is 9.25. The summed E-state index contributed by atoms with van der Waals surface area (Å²) in [6.07, 6.45) is 8.00. The number of aromatic amines is 1. The molecule has 0 fully saturated rings. The average molecular weight is 216 g/mol. The van der Waals surface area contributed by atoms with Crippen molar-refractivity contribution in [2.45, 2.75) is 6.92 Å². The van der Waals surface area contributed by atoms with Crippen LogP contribution in [0.15, 0.2) is 23.0 Å². The number of hydrogen-bond acceptors (Lipinski definition) is 3. The SMILES string of the molecule is C#C.COc1ccc2[nH]c(=O)c(C)nc2c1. The van der Waals surface area contributed by atoms with Gasteiger partial charge in [0.05, 0.1) is 18.1 Å². The van der Waals surface area contributed by atoms with E-state index < -0.39 is 0 Å². The van der Waals surface area contributed by atoms with Gasteiger partial charge in [-0.05, 0) is 19.1 Å². The molecule has 0 bridgehead atoms. The van der Waals surface area contributed by atoms with Crippen LogP contribution in [-0.2, 0) is 0 Å². The molecule has 0 aliphatic rings. The Morgan fingerprint density at radius 2 is 2.06 bits per heavy atom. The zero-order valence-electron chi connectivity index (χ0n) is 9.15. The molecule has 0 atom stereocenters. The fourth-order valence-electron chi connectivity index (χ4n) is 1.28. The Hall–Kier alpha value is -2.28. The number of fused-ring (bicyclic) bond motifs is 1. The first-order valence-corrected chi connectivity index (χ1v) is 4.59. The number of nitrogens with zero attached hydrogens (tertiary/aromatic N) is 1. The van der Waals surface area contributed by atoms with E-state index in [1.165, 1.54) is 0 Å². The van der Waals surface area contributed by atoms with Gasteiger partial charge in [-0.15, -0.1) is 12.8 Å². The van der Waals surface area contributed by atoms with E-state index in [1.807, 2.05) is 0 Å². The highest BCUT2D eigenvalue weighted by Crippen LogP contribution is 2.16. The Morgan fingerprint density at radius 3 is 2.69 bits per heavy atom. The maximum absolute atomic E-state index is 11.2. The van der Waals surface area contributed by atoms with Crippen LogP contribution in [-0.4, -0.2) is 17.1 Å². The third-order valence-corrected chi connectivity index (χ3v) is 2.07. The van der Waals surface area contributed by atoms with E-state index >= 15 is 0 Å². The van der Waals surface area contributed by atoms with Gasteiger partial charge in [-0.3, -0.25) is 4.79 Å². The van der Waals surface area contributed by atoms with Crippen molar-refractivity contribution < 1.29 is 4.74 Å².